The zero-order valence-corrected chi connectivity index (χ0v) is 10.1. The molecule has 2 heterocycles. The predicted octanol–water partition coefficient (Wildman–Crippen LogP) is 0.551. The summed E-state index contributed by atoms with van der Waals surface area (Å²) >= 11 is 0. The molecule has 1 fully saturated rings. The highest BCUT2D eigenvalue weighted by molar-refractivity contribution is 5.86. The second-order valence-corrected chi connectivity index (χ2v) is 4.04. The fourth-order valence-corrected chi connectivity index (χ4v) is 1.82. The van der Waals surface area contributed by atoms with Crippen LogP contribution in [-0.2, 0) is 4.79 Å². The van der Waals surface area contributed by atoms with E-state index < -0.39 is 0 Å². The van der Waals surface area contributed by atoms with Crippen molar-refractivity contribution in [3.8, 4) is 0 Å². The van der Waals surface area contributed by atoms with Crippen molar-refractivity contribution < 1.29 is 4.79 Å². The van der Waals surface area contributed by atoms with Gasteiger partial charge >= 0.3 is 0 Å². The predicted molar refractivity (Wildman–Crippen MR) is 65.9 cm³/mol. The number of likely N-dealkylation sites (tertiary alicyclic amines) is 1. The van der Waals surface area contributed by atoms with E-state index >= 15 is 0 Å². The number of carbonyl (C=O) groups excluding carboxylic acids is 1. The molecule has 1 amide bonds. The van der Waals surface area contributed by atoms with E-state index in [1.165, 1.54) is 0 Å². The molecule has 6 nitrogen and oxygen atoms in total. The second-order valence-electron chi connectivity index (χ2n) is 4.04. The van der Waals surface area contributed by atoms with Crippen LogP contribution in [0.4, 0.5) is 11.8 Å². The van der Waals surface area contributed by atoms with E-state index in [2.05, 4.69) is 20.6 Å². The van der Waals surface area contributed by atoms with Gasteiger partial charge < -0.3 is 15.5 Å². The van der Waals surface area contributed by atoms with Crippen LogP contribution in [0.25, 0.3) is 0 Å². The van der Waals surface area contributed by atoms with E-state index in [9.17, 15) is 4.79 Å². The number of carbonyl (C=O) groups is 1. The van der Waals surface area contributed by atoms with Crippen molar-refractivity contribution >= 4 is 17.7 Å². The quantitative estimate of drug-likeness (QED) is 0.797. The summed E-state index contributed by atoms with van der Waals surface area (Å²) in [5.41, 5.74) is 0. The van der Waals surface area contributed by atoms with Gasteiger partial charge in [0.1, 0.15) is 11.9 Å². The number of nitrogens with one attached hydrogen (secondary N) is 2. The molecule has 17 heavy (non-hydrogen) atoms. The number of aromatic nitrogens is 2. The lowest BCUT2D eigenvalue weighted by Gasteiger charge is -2.13. The van der Waals surface area contributed by atoms with Crippen LogP contribution in [0.5, 0.6) is 0 Å². The van der Waals surface area contributed by atoms with E-state index in [-0.39, 0.29) is 11.9 Å². The van der Waals surface area contributed by atoms with Crippen LogP contribution in [0.1, 0.15) is 13.3 Å². The Bertz CT molecular complexity index is 409. The third-order valence-electron chi connectivity index (χ3n) is 2.74. The lowest BCUT2D eigenvalue weighted by molar-refractivity contribution is -0.127. The Balaban J connectivity index is 2.03. The Morgan fingerprint density at radius 3 is 3.06 bits per heavy atom. The number of rotatable bonds is 4. The van der Waals surface area contributed by atoms with E-state index in [0.717, 1.165) is 19.5 Å². The van der Waals surface area contributed by atoms with Gasteiger partial charge in [0.05, 0.1) is 0 Å². The van der Waals surface area contributed by atoms with Crippen LogP contribution in [0.3, 0.4) is 0 Å². The summed E-state index contributed by atoms with van der Waals surface area (Å²) < 4.78 is 0. The molecule has 2 N–H and O–H groups in total. The lowest BCUT2D eigenvalue weighted by Crippen LogP contribution is -2.31. The van der Waals surface area contributed by atoms with Gasteiger partial charge in [0.15, 0.2) is 0 Å². The Morgan fingerprint density at radius 2 is 2.41 bits per heavy atom. The molecular weight excluding hydrogens is 218 g/mol. The molecule has 1 aromatic rings. The molecule has 0 bridgehead atoms. The minimum atomic E-state index is -0.163. The minimum absolute atomic E-state index is 0.119. The Labute approximate surface area is 100 Å². The molecule has 1 aliphatic heterocycles. The topological polar surface area (TPSA) is 70.2 Å². The normalized spacial score (nSPS) is 19.5. The molecule has 1 aromatic heterocycles. The van der Waals surface area contributed by atoms with Crippen molar-refractivity contribution in [2.45, 2.75) is 19.4 Å². The van der Waals surface area contributed by atoms with Crippen molar-refractivity contribution in [3.63, 3.8) is 0 Å². The van der Waals surface area contributed by atoms with Crippen LogP contribution < -0.4 is 10.6 Å². The van der Waals surface area contributed by atoms with Crippen LogP contribution in [0.15, 0.2) is 12.3 Å². The summed E-state index contributed by atoms with van der Waals surface area (Å²) in [6.45, 7) is 3.55. The summed E-state index contributed by atoms with van der Waals surface area (Å²) in [7, 11) is 1.81. The standard InChI is InChI=1S/C11H17N5O/c1-3-12-11-13-6-4-9(15-11)14-8-5-7-16(2)10(8)17/h4,6,8H,3,5,7H2,1-2H3,(H2,12,13,14,15). The Morgan fingerprint density at radius 1 is 1.59 bits per heavy atom. The number of nitrogens with zero attached hydrogens (tertiary/aromatic N) is 3. The van der Waals surface area contributed by atoms with Crippen LogP contribution >= 0.6 is 0 Å². The Kier molecular flexibility index (Phi) is 3.41. The first-order valence-electron chi connectivity index (χ1n) is 5.79. The monoisotopic (exact) mass is 235 g/mol. The third-order valence-corrected chi connectivity index (χ3v) is 2.74. The molecular formula is C11H17N5O. The van der Waals surface area contributed by atoms with E-state index in [1.807, 2.05) is 14.0 Å². The van der Waals surface area contributed by atoms with Crippen molar-refractivity contribution in [2.75, 3.05) is 30.8 Å². The second kappa shape index (κ2) is 4.99. The summed E-state index contributed by atoms with van der Waals surface area (Å²) in [5.74, 6) is 1.38. The molecule has 1 saturated heterocycles. The SMILES string of the molecule is CCNc1nccc(NC2CCN(C)C2=O)n1. The van der Waals surface area contributed by atoms with Gasteiger partial charge in [0, 0.05) is 26.3 Å². The first-order chi connectivity index (χ1) is 8.20. The number of anilines is 2. The molecule has 6 heteroatoms. The molecule has 0 aromatic carbocycles. The van der Waals surface area contributed by atoms with Gasteiger partial charge in [0.25, 0.3) is 0 Å². The van der Waals surface area contributed by atoms with Gasteiger partial charge in [-0.15, -0.1) is 0 Å². The first kappa shape index (κ1) is 11.6. The highest BCUT2D eigenvalue weighted by Gasteiger charge is 2.28. The van der Waals surface area contributed by atoms with Gasteiger partial charge in [-0.25, -0.2) is 4.98 Å². The van der Waals surface area contributed by atoms with E-state index in [4.69, 9.17) is 0 Å². The van der Waals surface area contributed by atoms with Crippen molar-refractivity contribution in [3.05, 3.63) is 12.3 Å². The van der Waals surface area contributed by atoms with Gasteiger partial charge in [-0.05, 0) is 19.4 Å². The molecule has 92 valence electrons. The largest absolute Gasteiger partial charge is 0.358 e. The number of amides is 1. The molecule has 1 atom stereocenters. The maximum atomic E-state index is 11.7. The van der Waals surface area contributed by atoms with Crippen molar-refractivity contribution in [1.82, 2.24) is 14.9 Å². The number of hydrogen-bond acceptors (Lipinski definition) is 5. The molecule has 0 saturated carbocycles. The molecule has 2 rings (SSSR count). The van der Waals surface area contributed by atoms with Crippen molar-refractivity contribution in [1.29, 1.82) is 0 Å². The highest BCUT2D eigenvalue weighted by atomic mass is 16.2. The third kappa shape index (κ3) is 2.64. The maximum absolute atomic E-state index is 11.7. The van der Waals surface area contributed by atoms with Crippen LogP contribution in [-0.4, -0.2) is 47.0 Å². The summed E-state index contributed by atoms with van der Waals surface area (Å²) in [5, 5.41) is 6.17. The van der Waals surface area contributed by atoms with E-state index in [1.54, 1.807) is 17.2 Å². The highest BCUT2D eigenvalue weighted by Crippen LogP contribution is 2.14. The maximum Gasteiger partial charge on any atom is 0.244 e. The number of hydrogen-bond donors (Lipinski definition) is 2. The molecule has 0 radical (unpaired) electrons. The zero-order valence-electron chi connectivity index (χ0n) is 10.1. The van der Waals surface area contributed by atoms with Gasteiger partial charge in [-0.3, -0.25) is 4.79 Å². The lowest BCUT2D eigenvalue weighted by atomic mass is 10.2. The van der Waals surface area contributed by atoms with Gasteiger partial charge in [-0.1, -0.05) is 0 Å². The molecule has 1 aliphatic rings. The van der Waals surface area contributed by atoms with Gasteiger partial charge in [0.2, 0.25) is 11.9 Å². The minimum Gasteiger partial charge on any atom is -0.358 e. The van der Waals surface area contributed by atoms with Crippen molar-refractivity contribution in [2.24, 2.45) is 0 Å². The smallest absolute Gasteiger partial charge is 0.244 e. The van der Waals surface area contributed by atoms with Crippen LogP contribution in [0.2, 0.25) is 0 Å². The van der Waals surface area contributed by atoms with E-state index in [0.29, 0.717) is 11.8 Å². The number of likely N-dealkylation sites (N-methyl/N-ethyl adjacent to an activating group) is 1. The Hall–Kier alpha value is -1.85. The average molecular weight is 235 g/mol. The molecule has 1 unspecified atom stereocenters. The first-order valence-corrected chi connectivity index (χ1v) is 5.79. The summed E-state index contributed by atoms with van der Waals surface area (Å²) in [6.07, 6.45) is 2.49. The summed E-state index contributed by atoms with van der Waals surface area (Å²) in [6, 6.07) is 1.61. The molecule has 0 aliphatic carbocycles. The van der Waals surface area contributed by atoms with Crippen LogP contribution in [0, 0.1) is 0 Å². The van der Waals surface area contributed by atoms with Gasteiger partial charge in [-0.2, -0.15) is 4.98 Å². The zero-order chi connectivity index (χ0) is 12.3. The summed E-state index contributed by atoms with van der Waals surface area (Å²) in [4.78, 5) is 21.8. The average Bonchev–Trinajstić information content (AvgIpc) is 2.62. The fraction of sp³-hybridized carbons (Fsp3) is 0.545. The molecule has 0 spiro atoms. The fourth-order valence-electron chi connectivity index (χ4n) is 1.82.